The summed E-state index contributed by atoms with van der Waals surface area (Å²) < 4.78 is 40.3. The molecule has 0 aliphatic heterocycles. The first-order valence-corrected chi connectivity index (χ1v) is 9.80. The van der Waals surface area contributed by atoms with E-state index in [1.165, 1.54) is 23.9 Å². The Morgan fingerprint density at radius 2 is 2.03 bits per heavy atom. The number of pyridine rings is 1. The topological polar surface area (TPSA) is 72.7 Å². The zero-order chi connectivity index (χ0) is 20.9. The van der Waals surface area contributed by atoms with Gasteiger partial charge in [0.2, 0.25) is 5.91 Å². The molecule has 1 N–H and O–H groups in total. The number of hydrogen-bond donors (Lipinski definition) is 1. The van der Waals surface area contributed by atoms with E-state index in [-0.39, 0.29) is 11.4 Å². The number of alkyl halides is 3. The van der Waals surface area contributed by atoms with Gasteiger partial charge in [0.25, 0.3) is 0 Å². The fourth-order valence-corrected chi connectivity index (χ4v) is 3.39. The van der Waals surface area contributed by atoms with Crippen molar-refractivity contribution < 1.29 is 18.0 Å². The van der Waals surface area contributed by atoms with Gasteiger partial charge < -0.3 is 9.88 Å². The zero-order valence-electron chi connectivity index (χ0n) is 15.5. The molecule has 1 amide bonds. The van der Waals surface area contributed by atoms with Crippen LogP contribution in [-0.4, -0.2) is 31.4 Å². The average Bonchev–Trinajstić information content (AvgIpc) is 3.09. The maximum absolute atomic E-state index is 12.8. The minimum atomic E-state index is -4.46. The van der Waals surface area contributed by atoms with Crippen LogP contribution in [0.1, 0.15) is 18.9 Å². The number of aromatic nitrogens is 4. The number of carbonyl (C=O) groups is 1. The molecule has 0 bridgehead atoms. The van der Waals surface area contributed by atoms with Crippen molar-refractivity contribution in [1.82, 2.24) is 19.7 Å². The lowest BCUT2D eigenvalue weighted by molar-refractivity contribution is -0.137. The first-order chi connectivity index (χ1) is 13.9. The Balaban J connectivity index is 1.68. The molecule has 0 radical (unpaired) electrons. The van der Waals surface area contributed by atoms with Crippen LogP contribution in [0.15, 0.2) is 53.9 Å². The minimum Gasteiger partial charge on any atom is -0.325 e. The van der Waals surface area contributed by atoms with Gasteiger partial charge in [-0.2, -0.15) is 13.2 Å². The molecule has 0 saturated carbocycles. The van der Waals surface area contributed by atoms with Gasteiger partial charge in [0.1, 0.15) is 0 Å². The highest BCUT2D eigenvalue weighted by Gasteiger charge is 2.30. The lowest BCUT2D eigenvalue weighted by Crippen LogP contribution is -2.15. The standard InChI is InChI=1S/C19H18F3N5OS/c1-2-9-27-17(13-5-4-8-23-11-13)25-26-18(27)29-12-16(28)24-15-7-3-6-14(10-15)19(20,21)22/h3-8,10-11H,2,9,12H2,1H3,(H,24,28). The number of carbonyl (C=O) groups excluding carboxylic acids is 1. The van der Waals surface area contributed by atoms with Crippen molar-refractivity contribution in [2.75, 3.05) is 11.1 Å². The van der Waals surface area contributed by atoms with Crippen molar-refractivity contribution in [1.29, 1.82) is 0 Å². The summed E-state index contributed by atoms with van der Waals surface area (Å²) in [6, 6.07) is 8.20. The first kappa shape index (κ1) is 20.8. The van der Waals surface area contributed by atoms with E-state index in [4.69, 9.17) is 0 Å². The second kappa shape index (κ2) is 9.08. The highest BCUT2D eigenvalue weighted by molar-refractivity contribution is 7.99. The molecule has 0 unspecified atom stereocenters. The number of thioether (sulfide) groups is 1. The molecule has 2 heterocycles. The summed E-state index contributed by atoms with van der Waals surface area (Å²) in [7, 11) is 0. The number of nitrogens with zero attached hydrogens (tertiary/aromatic N) is 4. The lowest BCUT2D eigenvalue weighted by Gasteiger charge is -2.10. The Hall–Kier alpha value is -2.88. The average molecular weight is 421 g/mol. The van der Waals surface area contributed by atoms with Crippen molar-refractivity contribution in [2.45, 2.75) is 31.2 Å². The molecule has 0 aliphatic rings. The molecule has 2 aromatic heterocycles. The summed E-state index contributed by atoms with van der Waals surface area (Å²) in [5, 5.41) is 11.4. The van der Waals surface area contributed by atoms with Crippen LogP contribution in [-0.2, 0) is 17.5 Å². The predicted molar refractivity (Wildman–Crippen MR) is 104 cm³/mol. The Bertz CT molecular complexity index is 975. The van der Waals surface area contributed by atoms with Crippen LogP contribution in [0.5, 0.6) is 0 Å². The van der Waals surface area contributed by atoms with E-state index in [1.807, 2.05) is 17.6 Å². The second-order valence-corrected chi connectivity index (χ2v) is 7.06. The number of rotatable bonds is 7. The molecule has 152 valence electrons. The molecule has 0 fully saturated rings. The number of hydrogen-bond acceptors (Lipinski definition) is 5. The van der Waals surface area contributed by atoms with Crippen molar-refractivity contribution in [3.05, 3.63) is 54.4 Å². The van der Waals surface area contributed by atoms with Crippen LogP contribution >= 0.6 is 11.8 Å². The van der Waals surface area contributed by atoms with E-state index in [2.05, 4.69) is 20.5 Å². The van der Waals surface area contributed by atoms with Gasteiger partial charge in [-0.1, -0.05) is 24.8 Å². The van der Waals surface area contributed by atoms with Crippen LogP contribution in [0.3, 0.4) is 0 Å². The molecule has 1 aromatic carbocycles. The van der Waals surface area contributed by atoms with E-state index in [1.54, 1.807) is 18.5 Å². The van der Waals surface area contributed by atoms with E-state index >= 15 is 0 Å². The second-order valence-electron chi connectivity index (χ2n) is 6.11. The van der Waals surface area contributed by atoms with Gasteiger partial charge in [0.05, 0.1) is 11.3 Å². The molecule has 0 saturated heterocycles. The smallest absolute Gasteiger partial charge is 0.325 e. The zero-order valence-corrected chi connectivity index (χ0v) is 16.3. The number of anilines is 1. The summed E-state index contributed by atoms with van der Waals surface area (Å²) in [4.78, 5) is 16.3. The first-order valence-electron chi connectivity index (χ1n) is 8.82. The van der Waals surface area contributed by atoms with Crippen molar-refractivity contribution in [3.8, 4) is 11.4 Å². The summed E-state index contributed by atoms with van der Waals surface area (Å²) in [5.74, 6) is 0.217. The van der Waals surface area contributed by atoms with Gasteiger partial charge in [-0.15, -0.1) is 10.2 Å². The van der Waals surface area contributed by atoms with E-state index in [0.29, 0.717) is 17.5 Å². The number of benzene rings is 1. The van der Waals surface area contributed by atoms with Gasteiger partial charge in [0, 0.05) is 30.2 Å². The third-order valence-corrected chi connectivity index (χ3v) is 4.86. The summed E-state index contributed by atoms with van der Waals surface area (Å²) >= 11 is 1.17. The molecule has 10 heteroatoms. The molecule has 0 atom stereocenters. The molecule has 6 nitrogen and oxygen atoms in total. The molecule has 3 aromatic rings. The van der Waals surface area contributed by atoms with Crippen molar-refractivity contribution >= 4 is 23.4 Å². The largest absolute Gasteiger partial charge is 0.416 e. The van der Waals surface area contributed by atoms with E-state index < -0.39 is 17.6 Å². The van der Waals surface area contributed by atoms with E-state index in [0.717, 1.165) is 24.1 Å². The van der Waals surface area contributed by atoms with Gasteiger partial charge in [-0.25, -0.2) is 0 Å². The molecule has 29 heavy (non-hydrogen) atoms. The summed E-state index contributed by atoms with van der Waals surface area (Å²) in [6.45, 7) is 2.68. The maximum Gasteiger partial charge on any atom is 0.416 e. The highest BCUT2D eigenvalue weighted by atomic mass is 32.2. The van der Waals surface area contributed by atoms with Gasteiger partial charge >= 0.3 is 6.18 Å². The Morgan fingerprint density at radius 1 is 1.21 bits per heavy atom. The van der Waals surface area contributed by atoms with Crippen LogP contribution in [0.4, 0.5) is 18.9 Å². The fraction of sp³-hybridized carbons (Fsp3) is 0.263. The molecule has 3 rings (SSSR count). The summed E-state index contributed by atoms with van der Waals surface area (Å²) in [5.41, 5.74) is 0.0944. The van der Waals surface area contributed by atoms with Gasteiger partial charge in [-0.05, 0) is 36.8 Å². The lowest BCUT2D eigenvalue weighted by atomic mass is 10.2. The fourth-order valence-electron chi connectivity index (χ4n) is 2.63. The van der Waals surface area contributed by atoms with Crippen LogP contribution in [0.2, 0.25) is 0 Å². The molecular formula is C19H18F3N5OS. The third kappa shape index (κ3) is 5.35. The quantitative estimate of drug-likeness (QED) is 0.569. The molecular weight excluding hydrogens is 403 g/mol. The van der Waals surface area contributed by atoms with Gasteiger partial charge in [0.15, 0.2) is 11.0 Å². The normalized spacial score (nSPS) is 11.4. The Morgan fingerprint density at radius 3 is 2.72 bits per heavy atom. The molecule has 0 spiro atoms. The number of halogens is 3. The van der Waals surface area contributed by atoms with Crippen LogP contribution in [0.25, 0.3) is 11.4 Å². The predicted octanol–water partition coefficient (Wildman–Crippen LogP) is 4.50. The highest BCUT2D eigenvalue weighted by Crippen LogP contribution is 2.31. The van der Waals surface area contributed by atoms with Crippen molar-refractivity contribution in [2.24, 2.45) is 0 Å². The molecule has 0 aliphatic carbocycles. The number of nitrogens with one attached hydrogen (secondary N) is 1. The van der Waals surface area contributed by atoms with E-state index in [9.17, 15) is 18.0 Å². The monoisotopic (exact) mass is 421 g/mol. The number of amides is 1. The summed E-state index contributed by atoms with van der Waals surface area (Å²) in [6.07, 6.45) is -0.271. The maximum atomic E-state index is 12.8. The van der Waals surface area contributed by atoms with Crippen LogP contribution in [0, 0.1) is 0 Å². The Kier molecular flexibility index (Phi) is 6.53. The van der Waals surface area contributed by atoms with Gasteiger partial charge in [-0.3, -0.25) is 9.78 Å². The van der Waals surface area contributed by atoms with Crippen LogP contribution < -0.4 is 5.32 Å². The van der Waals surface area contributed by atoms with Crippen molar-refractivity contribution in [3.63, 3.8) is 0 Å². The minimum absolute atomic E-state index is 0.00880. The Labute approximate surface area is 169 Å². The SMILES string of the molecule is CCCn1c(SCC(=O)Nc2cccc(C(F)(F)F)c2)nnc1-c1cccnc1. The third-order valence-electron chi connectivity index (χ3n) is 3.89.